The maximum Gasteiger partial charge on any atom is 0.239 e. The molecule has 1 heterocycles. The second kappa shape index (κ2) is 7.24. The Hall–Kier alpha value is -1.14. The summed E-state index contributed by atoms with van der Waals surface area (Å²) >= 11 is 0. The third kappa shape index (κ3) is 4.32. The standard InChI is InChI=1S/C11H21N3O3/c1-3-12-9-7-17-6-8(9)11(16)14-5-10(15)13-4-2/h8-9,12H,3-7H2,1-2H3,(H,13,15)(H,14,16). The summed E-state index contributed by atoms with van der Waals surface area (Å²) in [5, 5.41) is 8.46. The molecule has 0 bridgehead atoms. The highest BCUT2D eigenvalue weighted by molar-refractivity contribution is 5.86. The highest BCUT2D eigenvalue weighted by Gasteiger charge is 2.33. The summed E-state index contributed by atoms with van der Waals surface area (Å²) in [5.41, 5.74) is 0. The zero-order valence-corrected chi connectivity index (χ0v) is 10.4. The fourth-order valence-corrected chi connectivity index (χ4v) is 1.83. The van der Waals surface area contributed by atoms with Crippen LogP contribution in [0.3, 0.4) is 0 Å². The summed E-state index contributed by atoms with van der Waals surface area (Å²) in [6.07, 6.45) is 0. The minimum Gasteiger partial charge on any atom is -0.379 e. The lowest BCUT2D eigenvalue weighted by Crippen LogP contribution is -2.46. The van der Waals surface area contributed by atoms with Crippen molar-refractivity contribution in [2.45, 2.75) is 19.9 Å². The van der Waals surface area contributed by atoms with Crippen molar-refractivity contribution in [3.05, 3.63) is 0 Å². The van der Waals surface area contributed by atoms with Crippen molar-refractivity contribution in [1.82, 2.24) is 16.0 Å². The van der Waals surface area contributed by atoms with E-state index >= 15 is 0 Å². The highest BCUT2D eigenvalue weighted by Crippen LogP contribution is 2.13. The van der Waals surface area contributed by atoms with E-state index < -0.39 is 0 Å². The van der Waals surface area contributed by atoms with E-state index in [1.54, 1.807) is 0 Å². The molecular formula is C11H21N3O3. The van der Waals surface area contributed by atoms with Crippen LogP contribution in [-0.4, -0.2) is 50.7 Å². The van der Waals surface area contributed by atoms with Gasteiger partial charge >= 0.3 is 0 Å². The summed E-state index contributed by atoms with van der Waals surface area (Å²) < 4.78 is 5.27. The van der Waals surface area contributed by atoms with Gasteiger partial charge < -0.3 is 20.7 Å². The SMILES string of the molecule is CCNC(=O)CNC(=O)C1COCC1NCC. The van der Waals surface area contributed by atoms with Gasteiger partial charge in [0.05, 0.1) is 25.7 Å². The molecule has 0 aliphatic carbocycles. The van der Waals surface area contributed by atoms with Crippen LogP contribution in [-0.2, 0) is 14.3 Å². The van der Waals surface area contributed by atoms with Crippen molar-refractivity contribution in [3.63, 3.8) is 0 Å². The van der Waals surface area contributed by atoms with Crippen LogP contribution in [0, 0.1) is 5.92 Å². The molecular weight excluding hydrogens is 222 g/mol. The van der Waals surface area contributed by atoms with Gasteiger partial charge in [-0.3, -0.25) is 9.59 Å². The maximum atomic E-state index is 11.8. The average Bonchev–Trinajstić information content (AvgIpc) is 2.75. The van der Waals surface area contributed by atoms with Crippen molar-refractivity contribution in [3.8, 4) is 0 Å². The van der Waals surface area contributed by atoms with Gasteiger partial charge in [0.25, 0.3) is 0 Å². The van der Waals surface area contributed by atoms with Gasteiger partial charge in [0.2, 0.25) is 11.8 Å². The number of carbonyl (C=O) groups excluding carboxylic acids is 2. The van der Waals surface area contributed by atoms with E-state index in [1.165, 1.54) is 0 Å². The van der Waals surface area contributed by atoms with Crippen LogP contribution < -0.4 is 16.0 Å². The predicted octanol–water partition coefficient (Wildman–Crippen LogP) is -1.14. The Morgan fingerprint density at radius 1 is 1.18 bits per heavy atom. The van der Waals surface area contributed by atoms with Crippen molar-refractivity contribution in [2.75, 3.05) is 32.8 Å². The van der Waals surface area contributed by atoms with Crippen molar-refractivity contribution in [2.24, 2.45) is 5.92 Å². The molecule has 1 fully saturated rings. The van der Waals surface area contributed by atoms with Gasteiger partial charge in [0.15, 0.2) is 0 Å². The Balaban J connectivity index is 2.33. The molecule has 17 heavy (non-hydrogen) atoms. The monoisotopic (exact) mass is 243 g/mol. The van der Waals surface area contributed by atoms with E-state index in [2.05, 4.69) is 16.0 Å². The first-order chi connectivity index (χ1) is 8.19. The zero-order valence-electron chi connectivity index (χ0n) is 10.4. The molecule has 1 saturated heterocycles. The lowest BCUT2D eigenvalue weighted by atomic mass is 10.0. The smallest absolute Gasteiger partial charge is 0.239 e. The molecule has 0 spiro atoms. The van der Waals surface area contributed by atoms with Crippen LogP contribution in [0.1, 0.15) is 13.8 Å². The first-order valence-electron chi connectivity index (χ1n) is 6.04. The largest absolute Gasteiger partial charge is 0.379 e. The van der Waals surface area contributed by atoms with Crippen LogP contribution in [0.2, 0.25) is 0 Å². The van der Waals surface area contributed by atoms with Gasteiger partial charge in [-0.2, -0.15) is 0 Å². The van der Waals surface area contributed by atoms with Crippen LogP contribution in [0.25, 0.3) is 0 Å². The van der Waals surface area contributed by atoms with Crippen molar-refractivity contribution >= 4 is 11.8 Å². The maximum absolute atomic E-state index is 11.8. The third-order valence-electron chi connectivity index (χ3n) is 2.68. The molecule has 2 atom stereocenters. The molecule has 6 nitrogen and oxygen atoms in total. The first kappa shape index (κ1) is 13.9. The number of amides is 2. The lowest BCUT2D eigenvalue weighted by Gasteiger charge is -2.17. The number of carbonyl (C=O) groups is 2. The number of nitrogens with one attached hydrogen (secondary N) is 3. The van der Waals surface area contributed by atoms with E-state index in [1.807, 2.05) is 13.8 Å². The van der Waals surface area contributed by atoms with Crippen LogP contribution in [0.15, 0.2) is 0 Å². The normalized spacial score (nSPS) is 23.4. The number of rotatable bonds is 6. The lowest BCUT2D eigenvalue weighted by molar-refractivity contribution is -0.128. The minimum absolute atomic E-state index is 0.0298. The summed E-state index contributed by atoms with van der Waals surface area (Å²) in [6, 6.07) is 0.0502. The molecule has 2 unspecified atom stereocenters. The molecule has 0 aromatic heterocycles. The van der Waals surface area contributed by atoms with E-state index in [0.29, 0.717) is 19.8 Å². The van der Waals surface area contributed by atoms with E-state index in [9.17, 15) is 9.59 Å². The van der Waals surface area contributed by atoms with E-state index in [0.717, 1.165) is 6.54 Å². The second-order valence-electron chi connectivity index (χ2n) is 3.98. The van der Waals surface area contributed by atoms with Gasteiger partial charge in [0, 0.05) is 12.6 Å². The Morgan fingerprint density at radius 3 is 2.59 bits per heavy atom. The van der Waals surface area contributed by atoms with Crippen LogP contribution >= 0.6 is 0 Å². The van der Waals surface area contributed by atoms with Gasteiger partial charge in [-0.15, -0.1) is 0 Å². The zero-order chi connectivity index (χ0) is 12.7. The second-order valence-corrected chi connectivity index (χ2v) is 3.98. The topological polar surface area (TPSA) is 79.5 Å². The molecule has 2 amide bonds. The number of hydrogen-bond donors (Lipinski definition) is 3. The molecule has 0 aromatic carbocycles. The minimum atomic E-state index is -0.204. The number of likely N-dealkylation sites (N-methyl/N-ethyl adjacent to an activating group) is 2. The fraction of sp³-hybridized carbons (Fsp3) is 0.818. The molecule has 3 N–H and O–H groups in total. The third-order valence-corrected chi connectivity index (χ3v) is 2.68. The first-order valence-corrected chi connectivity index (χ1v) is 6.04. The molecule has 1 aliphatic heterocycles. The summed E-state index contributed by atoms with van der Waals surface area (Å²) in [7, 11) is 0. The Bertz CT molecular complexity index is 271. The van der Waals surface area contributed by atoms with Gasteiger partial charge in [-0.1, -0.05) is 6.92 Å². The Kier molecular flexibility index (Phi) is 5.93. The summed E-state index contributed by atoms with van der Waals surface area (Å²) in [5.74, 6) is -0.496. The Labute approximate surface area is 101 Å². The number of hydrogen-bond acceptors (Lipinski definition) is 4. The molecule has 0 radical (unpaired) electrons. The fourth-order valence-electron chi connectivity index (χ4n) is 1.83. The molecule has 98 valence electrons. The van der Waals surface area contributed by atoms with Gasteiger partial charge in [-0.25, -0.2) is 0 Å². The Morgan fingerprint density at radius 2 is 1.94 bits per heavy atom. The average molecular weight is 243 g/mol. The number of ether oxygens (including phenoxy) is 1. The predicted molar refractivity (Wildman–Crippen MR) is 63.5 cm³/mol. The van der Waals surface area contributed by atoms with Crippen molar-refractivity contribution < 1.29 is 14.3 Å². The molecule has 1 aliphatic rings. The summed E-state index contributed by atoms with van der Waals surface area (Å²) in [6.45, 7) is 6.19. The quantitative estimate of drug-likeness (QED) is 0.551. The van der Waals surface area contributed by atoms with Gasteiger partial charge in [0.1, 0.15) is 0 Å². The molecule has 6 heteroatoms. The summed E-state index contributed by atoms with van der Waals surface area (Å²) in [4.78, 5) is 23.0. The van der Waals surface area contributed by atoms with Crippen molar-refractivity contribution in [1.29, 1.82) is 0 Å². The van der Waals surface area contributed by atoms with Crippen LogP contribution in [0.4, 0.5) is 0 Å². The molecule has 0 saturated carbocycles. The van der Waals surface area contributed by atoms with E-state index in [4.69, 9.17) is 4.74 Å². The molecule has 0 aromatic rings. The van der Waals surface area contributed by atoms with E-state index in [-0.39, 0.29) is 30.3 Å². The molecule has 1 rings (SSSR count). The van der Waals surface area contributed by atoms with Crippen LogP contribution in [0.5, 0.6) is 0 Å². The highest BCUT2D eigenvalue weighted by atomic mass is 16.5. The van der Waals surface area contributed by atoms with Gasteiger partial charge in [-0.05, 0) is 13.5 Å².